The largest absolute Gasteiger partial charge is 0.496 e. The first-order chi connectivity index (χ1) is 9.43. The monoisotopic (exact) mass is 272 g/mol. The molecular formula is C16H20N2O2. The van der Waals surface area contributed by atoms with Crippen LogP contribution in [-0.4, -0.2) is 22.7 Å². The molecule has 4 heteroatoms. The summed E-state index contributed by atoms with van der Waals surface area (Å²) in [4.78, 5) is 12.5. The Morgan fingerprint density at radius 2 is 2.00 bits per heavy atom. The lowest BCUT2D eigenvalue weighted by Crippen LogP contribution is -2.08. The molecule has 0 radical (unpaired) electrons. The number of aryl methyl sites for hydroxylation is 3. The third-order valence-corrected chi connectivity index (χ3v) is 3.57. The highest BCUT2D eigenvalue weighted by Gasteiger charge is 2.19. The molecule has 0 fully saturated rings. The molecule has 20 heavy (non-hydrogen) atoms. The first-order valence-corrected chi connectivity index (χ1v) is 6.61. The van der Waals surface area contributed by atoms with Gasteiger partial charge in [0, 0.05) is 24.7 Å². The number of nitrogens with zero attached hydrogens (tertiary/aromatic N) is 2. The second kappa shape index (κ2) is 5.49. The van der Waals surface area contributed by atoms with Crippen LogP contribution in [0.15, 0.2) is 18.2 Å². The van der Waals surface area contributed by atoms with Crippen LogP contribution < -0.4 is 4.74 Å². The molecule has 0 N–H and O–H groups in total. The average Bonchev–Trinajstić information content (AvgIpc) is 2.63. The number of hydrogen-bond donors (Lipinski definition) is 0. The van der Waals surface area contributed by atoms with E-state index in [4.69, 9.17) is 4.74 Å². The van der Waals surface area contributed by atoms with Crippen LogP contribution in [0, 0.1) is 20.8 Å². The lowest BCUT2D eigenvalue weighted by atomic mass is 9.99. The maximum Gasteiger partial charge on any atom is 0.171 e. The Bertz CT molecular complexity index is 657. The zero-order valence-electron chi connectivity index (χ0n) is 12.7. The van der Waals surface area contributed by atoms with Crippen LogP contribution in [0.4, 0.5) is 0 Å². The summed E-state index contributed by atoms with van der Waals surface area (Å²) >= 11 is 0. The fourth-order valence-corrected chi connectivity index (χ4v) is 2.48. The maximum atomic E-state index is 12.5. The molecule has 1 aromatic carbocycles. The fourth-order valence-electron chi connectivity index (χ4n) is 2.48. The zero-order valence-corrected chi connectivity index (χ0v) is 12.7. The van der Waals surface area contributed by atoms with Gasteiger partial charge in [-0.25, -0.2) is 0 Å². The third kappa shape index (κ3) is 2.59. The molecule has 106 valence electrons. The molecule has 0 saturated carbocycles. The molecule has 0 aliphatic heterocycles. The molecule has 0 aliphatic rings. The number of ether oxygens (including phenoxy) is 1. The molecular weight excluding hydrogens is 252 g/mol. The van der Waals surface area contributed by atoms with Crippen molar-refractivity contribution < 1.29 is 9.53 Å². The zero-order chi connectivity index (χ0) is 14.9. The van der Waals surface area contributed by atoms with Gasteiger partial charge < -0.3 is 4.74 Å². The Morgan fingerprint density at radius 3 is 2.55 bits per heavy atom. The molecule has 0 aliphatic carbocycles. The van der Waals surface area contributed by atoms with Gasteiger partial charge in [0.25, 0.3) is 0 Å². The lowest BCUT2D eigenvalue weighted by Gasteiger charge is -2.09. The summed E-state index contributed by atoms with van der Waals surface area (Å²) < 4.78 is 7.08. The lowest BCUT2D eigenvalue weighted by molar-refractivity contribution is 0.0991. The van der Waals surface area contributed by atoms with Gasteiger partial charge in [0.15, 0.2) is 5.78 Å². The minimum atomic E-state index is 0.0806. The number of benzene rings is 1. The van der Waals surface area contributed by atoms with Crippen molar-refractivity contribution in [3.8, 4) is 5.75 Å². The van der Waals surface area contributed by atoms with E-state index in [0.717, 1.165) is 33.8 Å². The van der Waals surface area contributed by atoms with E-state index in [1.807, 2.05) is 46.0 Å². The molecule has 4 nitrogen and oxygen atoms in total. The number of methoxy groups -OCH3 is 1. The number of aromatic nitrogens is 2. The molecule has 0 amide bonds. The first-order valence-electron chi connectivity index (χ1n) is 6.61. The predicted molar refractivity (Wildman–Crippen MR) is 78.4 cm³/mol. The summed E-state index contributed by atoms with van der Waals surface area (Å²) in [6.45, 7) is 5.79. The van der Waals surface area contributed by atoms with Crippen molar-refractivity contribution in [3.63, 3.8) is 0 Å². The van der Waals surface area contributed by atoms with Gasteiger partial charge in [-0.1, -0.05) is 17.7 Å². The Morgan fingerprint density at radius 1 is 1.30 bits per heavy atom. The maximum absolute atomic E-state index is 12.5. The van der Waals surface area contributed by atoms with Gasteiger partial charge in [-0.15, -0.1) is 0 Å². The van der Waals surface area contributed by atoms with Gasteiger partial charge in [-0.3, -0.25) is 9.48 Å². The van der Waals surface area contributed by atoms with Gasteiger partial charge in [-0.05, 0) is 26.8 Å². The van der Waals surface area contributed by atoms with Crippen LogP contribution in [0.1, 0.15) is 32.9 Å². The van der Waals surface area contributed by atoms with E-state index in [1.165, 1.54) is 0 Å². The Balaban J connectivity index is 2.35. The van der Waals surface area contributed by atoms with Crippen LogP contribution in [0.3, 0.4) is 0 Å². The van der Waals surface area contributed by atoms with Crippen LogP contribution in [0.2, 0.25) is 0 Å². The highest BCUT2D eigenvalue weighted by molar-refractivity contribution is 5.99. The summed E-state index contributed by atoms with van der Waals surface area (Å²) in [7, 11) is 3.48. The van der Waals surface area contributed by atoms with Crippen LogP contribution in [0.25, 0.3) is 0 Å². The first kappa shape index (κ1) is 14.3. The SMILES string of the molecule is COc1ccc(C)cc1CC(=O)c1c(C)nn(C)c1C. The smallest absolute Gasteiger partial charge is 0.171 e. The second-order valence-corrected chi connectivity index (χ2v) is 5.08. The molecule has 2 aromatic rings. The summed E-state index contributed by atoms with van der Waals surface area (Å²) in [5, 5.41) is 4.30. The number of Topliss-reactive ketones (excluding diaryl/α,β-unsaturated/α-hetero) is 1. The molecule has 0 saturated heterocycles. The highest BCUT2D eigenvalue weighted by Crippen LogP contribution is 2.23. The summed E-state index contributed by atoms with van der Waals surface area (Å²) in [6, 6.07) is 5.88. The minimum absolute atomic E-state index is 0.0806. The number of carbonyl (C=O) groups is 1. The fraction of sp³-hybridized carbons (Fsp3) is 0.375. The molecule has 0 atom stereocenters. The van der Waals surface area contributed by atoms with E-state index < -0.39 is 0 Å². The van der Waals surface area contributed by atoms with Gasteiger partial charge in [0.05, 0.1) is 18.4 Å². The number of hydrogen-bond acceptors (Lipinski definition) is 3. The van der Waals surface area contributed by atoms with Gasteiger partial charge in [0.2, 0.25) is 0 Å². The number of carbonyl (C=O) groups excluding carboxylic acids is 1. The summed E-state index contributed by atoms with van der Waals surface area (Å²) in [6.07, 6.45) is 0.332. The van der Waals surface area contributed by atoms with E-state index in [-0.39, 0.29) is 5.78 Å². The van der Waals surface area contributed by atoms with Crippen molar-refractivity contribution in [2.45, 2.75) is 27.2 Å². The number of rotatable bonds is 4. The van der Waals surface area contributed by atoms with Gasteiger partial charge in [0.1, 0.15) is 5.75 Å². The molecule has 0 bridgehead atoms. The van der Waals surface area contributed by atoms with Crippen molar-refractivity contribution in [2.75, 3.05) is 7.11 Å². The molecule has 0 unspecified atom stereocenters. The van der Waals surface area contributed by atoms with Crippen molar-refractivity contribution in [3.05, 3.63) is 46.3 Å². The molecule has 1 heterocycles. The van der Waals surface area contributed by atoms with Crippen molar-refractivity contribution in [1.29, 1.82) is 0 Å². The molecule has 2 rings (SSSR count). The molecule has 1 aromatic heterocycles. The van der Waals surface area contributed by atoms with E-state index in [0.29, 0.717) is 6.42 Å². The van der Waals surface area contributed by atoms with E-state index >= 15 is 0 Å². The quantitative estimate of drug-likeness (QED) is 0.804. The Kier molecular flexibility index (Phi) is 3.93. The topological polar surface area (TPSA) is 44.1 Å². The Labute approximate surface area is 119 Å². The summed E-state index contributed by atoms with van der Waals surface area (Å²) in [5.41, 5.74) is 4.44. The standard InChI is InChI=1S/C16H20N2O2/c1-10-6-7-15(20-5)13(8-10)9-14(19)16-11(2)17-18(4)12(16)3/h6-8H,9H2,1-5H3. The number of ketones is 1. The van der Waals surface area contributed by atoms with Gasteiger partial charge >= 0.3 is 0 Å². The predicted octanol–water partition coefficient (Wildman–Crippen LogP) is 2.78. The van der Waals surface area contributed by atoms with Crippen LogP contribution in [0.5, 0.6) is 5.75 Å². The van der Waals surface area contributed by atoms with E-state index in [2.05, 4.69) is 5.10 Å². The van der Waals surface area contributed by atoms with Crippen molar-refractivity contribution >= 4 is 5.78 Å². The molecule has 0 spiro atoms. The van der Waals surface area contributed by atoms with Crippen LogP contribution >= 0.6 is 0 Å². The second-order valence-electron chi connectivity index (χ2n) is 5.08. The van der Waals surface area contributed by atoms with Crippen molar-refractivity contribution in [1.82, 2.24) is 9.78 Å². The minimum Gasteiger partial charge on any atom is -0.496 e. The highest BCUT2D eigenvalue weighted by atomic mass is 16.5. The Hall–Kier alpha value is -2.10. The summed E-state index contributed by atoms with van der Waals surface area (Å²) in [5.74, 6) is 0.833. The average molecular weight is 272 g/mol. The van der Waals surface area contributed by atoms with Crippen LogP contribution in [-0.2, 0) is 13.5 Å². The van der Waals surface area contributed by atoms with E-state index in [9.17, 15) is 4.79 Å². The normalized spacial score (nSPS) is 10.7. The van der Waals surface area contributed by atoms with Gasteiger partial charge in [-0.2, -0.15) is 5.10 Å². The third-order valence-electron chi connectivity index (χ3n) is 3.57. The van der Waals surface area contributed by atoms with Crippen molar-refractivity contribution in [2.24, 2.45) is 7.05 Å². The van der Waals surface area contributed by atoms with E-state index in [1.54, 1.807) is 11.8 Å².